The largest absolute Gasteiger partial charge is 0.369 e. The minimum Gasteiger partial charge on any atom is -0.369 e. The lowest BCUT2D eigenvalue weighted by atomic mass is 9.93. The Balaban J connectivity index is 1.66. The van der Waals surface area contributed by atoms with Crippen molar-refractivity contribution in [3.8, 4) is 0 Å². The highest BCUT2D eigenvalue weighted by molar-refractivity contribution is 5.17. The van der Waals surface area contributed by atoms with E-state index in [0.717, 1.165) is 31.4 Å². The highest BCUT2D eigenvalue weighted by Gasteiger charge is 2.29. The summed E-state index contributed by atoms with van der Waals surface area (Å²) in [7, 11) is 0. The molecular weight excluding hydrogens is 226 g/mol. The minimum atomic E-state index is 0.183. The summed E-state index contributed by atoms with van der Waals surface area (Å²) in [5.74, 6) is 0. The molecule has 2 aliphatic rings. The standard InChI is InChI=1S/C14H23N3O/c1-11-9-15-16-14(11)13-10-17(7-8-18-13)12-5-3-2-4-6-12/h9,12-13H,2-8,10H2,1H3,(H,15,16)/t13-/m1/s1. The number of aromatic amines is 1. The van der Waals surface area contributed by atoms with Crippen molar-refractivity contribution >= 4 is 0 Å². The Morgan fingerprint density at radius 1 is 1.33 bits per heavy atom. The van der Waals surface area contributed by atoms with Crippen molar-refractivity contribution in [1.82, 2.24) is 15.1 Å². The molecule has 100 valence electrons. The van der Waals surface area contributed by atoms with Crippen LogP contribution in [-0.4, -0.2) is 40.8 Å². The van der Waals surface area contributed by atoms with Crippen LogP contribution in [0.2, 0.25) is 0 Å². The van der Waals surface area contributed by atoms with E-state index in [0.29, 0.717) is 0 Å². The zero-order chi connectivity index (χ0) is 12.4. The summed E-state index contributed by atoms with van der Waals surface area (Å²) in [6.45, 7) is 5.06. The van der Waals surface area contributed by atoms with Crippen LogP contribution >= 0.6 is 0 Å². The zero-order valence-corrected chi connectivity index (χ0v) is 11.2. The molecule has 2 fully saturated rings. The van der Waals surface area contributed by atoms with Crippen molar-refractivity contribution in [1.29, 1.82) is 0 Å². The van der Waals surface area contributed by atoms with Crippen LogP contribution in [0.3, 0.4) is 0 Å². The average Bonchev–Trinajstić information content (AvgIpc) is 2.86. The molecule has 1 N–H and O–H groups in total. The fourth-order valence-electron chi connectivity index (χ4n) is 3.30. The summed E-state index contributed by atoms with van der Waals surface area (Å²) >= 11 is 0. The number of nitrogens with zero attached hydrogens (tertiary/aromatic N) is 2. The molecule has 0 amide bonds. The van der Waals surface area contributed by atoms with Crippen LogP contribution in [0.15, 0.2) is 6.20 Å². The van der Waals surface area contributed by atoms with Crippen molar-refractivity contribution in [3.05, 3.63) is 17.5 Å². The summed E-state index contributed by atoms with van der Waals surface area (Å²) in [4.78, 5) is 2.63. The summed E-state index contributed by atoms with van der Waals surface area (Å²) in [6, 6.07) is 0.786. The second kappa shape index (κ2) is 5.41. The van der Waals surface area contributed by atoms with Gasteiger partial charge >= 0.3 is 0 Å². The molecule has 1 aromatic heterocycles. The van der Waals surface area contributed by atoms with E-state index in [4.69, 9.17) is 4.74 Å². The van der Waals surface area contributed by atoms with Gasteiger partial charge in [0.2, 0.25) is 0 Å². The lowest BCUT2D eigenvalue weighted by Gasteiger charge is -2.39. The Hall–Kier alpha value is -0.870. The van der Waals surface area contributed by atoms with Gasteiger partial charge in [-0.15, -0.1) is 0 Å². The monoisotopic (exact) mass is 249 g/mol. The SMILES string of the molecule is Cc1cn[nH]c1[C@H]1CN(C2CCCCC2)CCO1. The third kappa shape index (κ3) is 2.45. The molecule has 0 bridgehead atoms. The Morgan fingerprint density at radius 3 is 2.89 bits per heavy atom. The van der Waals surface area contributed by atoms with E-state index in [1.54, 1.807) is 0 Å². The topological polar surface area (TPSA) is 41.2 Å². The van der Waals surface area contributed by atoms with Gasteiger partial charge in [-0.05, 0) is 25.3 Å². The van der Waals surface area contributed by atoms with E-state index < -0.39 is 0 Å². The number of aryl methyl sites for hydroxylation is 1. The number of morpholine rings is 1. The van der Waals surface area contributed by atoms with Crippen molar-refractivity contribution < 1.29 is 4.74 Å². The predicted molar refractivity (Wildman–Crippen MR) is 70.5 cm³/mol. The minimum absolute atomic E-state index is 0.183. The molecule has 1 aromatic rings. The van der Waals surface area contributed by atoms with Crippen molar-refractivity contribution in [2.75, 3.05) is 19.7 Å². The van der Waals surface area contributed by atoms with Crippen molar-refractivity contribution in [2.24, 2.45) is 0 Å². The van der Waals surface area contributed by atoms with Gasteiger partial charge in [0.25, 0.3) is 0 Å². The lowest BCUT2D eigenvalue weighted by molar-refractivity contribution is -0.0519. The quantitative estimate of drug-likeness (QED) is 0.875. The Morgan fingerprint density at radius 2 is 2.17 bits per heavy atom. The molecule has 0 spiro atoms. The molecule has 1 saturated heterocycles. The van der Waals surface area contributed by atoms with Gasteiger partial charge in [0.1, 0.15) is 6.10 Å². The van der Waals surface area contributed by atoms with Gasteiger partial charge in [0.15, 0.2) is 0 Å². The van der Waals surface area contributed by atoms with Crippen molar-refractivity contribution in [2.45, 2.75) is 51.2 Å². The Labute approximate surface area is 109 Å². The smallest absolute Gasteiger partial charge is 0.112 e. The van der Waals surface area contributed by atoms with Crippen LogP contribution in [0.25, 0.3) is 0 Å². The van der Waals surface area contributed by atoms with Gasteiger partial charge in [-0.2, -0.15) is 5.10 Å². The fourth-order valence-corrected chi connectivity index (χ4v) is 3.30. The van der Waals surface area contributed by atoms with Gasteiger partial charge < -0.3 is 4.74 Å². The first kappa shape index (κ1) is 12.2. The maximum absolute atomic E-state index is 5.91. The van der Waals surface area contributed by atoms with Crippen LogP contribution in [0.5, 0.6) is 0 Å². The highest BCUT2D eigenvalue weighted by atomic mass is 16.5. The third-order valence-electron chi connectivity index (χ3n) is 4.38. The molecule has 1 saturated carbocycles. The molecule has 1 aliphatic heterocycles. The van der Waals surface area contributed by atoms with Crippen LogP contribution in [0.1, 0.15) is 49.5 Å². The van der Waals surface area contributed by atoms with Crippen molar-refractivity contribution in [3.63, 3.8) is 0 Å². The molecule has 1 atom stereocenters. The van der Waals surface area contributed by atoms with Crippen LogP contribution in [0.4, 0.5) is 0 Å². The zero-order valence-electron chi connectivity index (χ0n) is 11.2. The van der Waals surface area contributed by atoms with E-state index >= 15 is 0 Å². The summed E-state index contributed by atoms with van der Waals surface area (Å²) in [6.07, 6.45) is 9.03. The van der Waals surface area contributed by atoms with Gasteiger partial charge in [0, 0.05) is 19.1 Å². The first-order chi connectivity index (χ1) is 8.84. The van der Waals surface area contributed by atoms with Crippen LogP contribution in [0, 0.1) is 6.92 Å². The van der Waals surface area contributed by atoms with E-state index in [2.05, 4.69) is 22.0 Å². The van der Waals surface area contributed by atoms with Gasteiger partial charge in [-0.3, -0.25) is 10.00 Å². The Bertz CT molecular complexity index is 384. The summed E-state index contributed by atoms with van der Waals surface area (Å²) < 4.78 is 5.91. The molecule has 18 heavy (non-hydrogen) atoms. The van der Waals surface area contributed by atoms with Gasteiger partial charge in [-0.1, -0.05) is 19.3 Å². The summed E-state index contributed by atoms with van der Waals surface area (Å²) in [5.41, 5.74) is 2.38. The number of H-pyrrole nitrogens is 1. The summed E-state index contributed by atoms with van der Waals surface area (Å²) in [5, 5.41) is 7.21. The fraction of sp³-hybridized carbons (Fsp3) is 0.786. The molecule has 0 radical (unpaired) electrons. The highest BCUT2D eigenvalue weighted by Crippen LogP contribution is 2.28. The second-order valence-electron chi connectivity index (χ2n) is 5.61. The first-order valence-corrected chi connectivity index (χ1v) is 7.20. The molecule has 4 heteroatoms. The molecule has 2 heterocycles. The normalized spacial score (nSPS) is 27.5. The van der Waals surface area contributed by atoms with Crippen LogP contribution < -0.4 is 0 Å². The molecule has 1 aliphatic carbocycles. The van der Waals surface area contributed by atoms with E-state index in [9.17, 15) is 0 Å². The van der Waals surface area contributed by atoms with E-state index in [1.807, 2.05) is 6.20 Å². The predicted octanol–water partition coefficient (Wildman–Crippen LogP) is 2.42. The van der Waals surface area contributed by atoms with E-state index in [1.165, 1.54) is 37.7 Å². The molecule has 0 aromatic carbocycles. The maximum atomic E-state index is 5.91. The maximum Gasteiger partial charge on any atom is 0.112 e. The number of ether oxygens (including phenoxy) is 1. The number of rotatable bonds is 2. The molecular formula is C14H23N3O. The number of aromatic nitrogens is 2. The molecule has 0 unspecified atom stereocenters. The third-order valence-corrected chi connectivity index (χ3v) is 4.38. The molecule has 4 nitrogen and oxygen atoms in total. The Kier molecular flexibility index (Phi) is 3.66. The number of hydrogen-bond acceptors (Lipinski definition) is 3. The van der Waals surface area contributed by atoms with E-state index in [-0.39, 0.29) is 6.10 Å². The second-order valence-corrected chi connectivity index (χ2v) is 5.61. The number of hydrogen-bond donors (Lipinski definition) is 1. The van der Waals surface area contributed by atoms with Gasteiger partial charge in [0.05, 0.1) is 18.5 Å². The number of nitrogens with one attached hydrogen (secondary N) is 1. The molecule has 3 rings (SSSR count). The first-order valence-electron chi connectivity index (χ1n) is 7.20. The average molecular weight is 249 g/mol. The lowest BCUT2D eigenvalue weighted by Crippen LogP contribution is -2.45. The van der Waals surface area contributed by atoms with Gasteiger partial charge in [-0.25, -0.2) is 0 Å². The van der Waals surface area contributed by atoms with Crippen LogP contribution in [-0.2, 0) is 4.74 Å².